The summed E-state index contributed by atoms with van der Waals surface area (Å²) >= 11 is 0. The maximum absolute atomic E-state index is 12.2. The van der Waals surface area contributed by atoms with E-state index in [1.165, 1.54) is 12.8 Å². The fourth-order valence-corrected chi connectivity index (χ4v) is 2.47. The molecule has 0 saturated heterocycles. The van der Waals surface area contributed by atoms with Gasteiger partial charge < -0.3 is 10.6 Å². The summed E-state index contributed by atoms with van der Waals surface area (Å²) in [6.45, 7) is 6.07. The van der Waals surface area contributed by atoms with E-state index in [1.807, 2.05) is 25.8 Å². The third-order valence-electron chi connectivity index (χ3n) is 4.00. The van der Waals surface area contributed by atoms with Crippen molar-refractivity contribution in [2.75, 3.05) is 7.05 Å². The van der Waals surface area contributed by atoms with Crippen LogP contribution in [0.4, 0.5) is 0 Å². The SMILES string of the molecule is CCC(C)(N)C(=O)N(C)C1CCCC(C)C1. The molecule has 1 rings (SSSR count). The van der Waals surface area contributed by atoms with Gasteiger partial charge in [0.15, 0.2) is 0 Å². The second-order valence-electron chi connectivity index (χ2n) is 5.61. The van der Waals surface area contributed by atoms with E-state index in [4.69, 9.17) is 5.73 Å². The summed E-state index contributed by atoms with van der Waals surface area (Å²) in [4.78, 5) is 14.1. The van der Waals surface area contributed by atoms with E-state index >= 15 is 0 Å². The highest BCUT2D eigenvalue weighted by atomic mass is 16.2. The molecule has 1 aliphatic rings. The number of hydrogen-bond acceptors (Lipinski definition) is 2. The number of carbonyl (C=O) groups is 1. The summed E-state index contributed by atoms with van der Waals surface area (Å²) in [6.07, 6.45) is 5.48. The number of hydrogen-bond donors (Lipinski definition) is 1. The van der Waals surface area contributed by atoms with Gasteiger partial charge in [0.25, 0.3) is 0 Å². The lowest BCUT2D eigenvalue weighted by Crippen LogP contribution is -2.55. The molecule has 0 heterocycles. The Hall–Kier alpha value is -0.570. The van der Waals surface area contributed by atoms with Gasteiger partial charge in [-0.3, -0.25) is 4.79 Å². The zero-order valence-electron chi connectivity index (χ0n) is 11.1. The normalized spacial score (nSPS) is 29.6. The van der Waals surface area contributed by atoms with E-state index in [9.17, 15) is 4.79 Å². The number of carbonyl (C=O) groups excluding carboxylic acids is 1. The number of likely N-dealkylation sites (N-methyl/N-ethyl adjacent to an activating group) is 1. The lowest BCUT2D eigenvalue weighted by Gasteiger charge is -2.38. The highest BCUT2D eigenvalue weighted by Gasteiger charge is 2.33. The van der Waals surface area contributed by atoms with Gasteiger partial charge in [-0.25, -0.2) is 0 Å². The molecule has 0 spiro atoms. The lowest BCUT2D eigenvalue weighted by molar-refractivity contribution is -0.138. The molecule has 3 unspecified atom stereocenters. The molecule has 3 atom stereocenters. The second kappa shape index (κ2) is 5.17. The highest BCUT2D eigenvalue weighted by Crippen LogP contribution is 2.27. The molecule has 0 aliphatic heterocycles. The summed E-state index contributed by atoms with van der Waals surface area (Å²) in [5.41, 5.74) is 5.31. The first-order chi connectivity index (χ1) is 7.38. The maximum atomic E-state index is 12.2. The number of nitrogens with zero attached hydrogens (tertiary/aromatic N) is 1. The van der Waals surface area contributed by atoms with Crippen LogP contribution in [0, 0.1) is 5.92 Å². The third kappa shape index (κ3) is 2.97. The van der Waals surface area contributed by atoms with Crippen LogP contribution in [0.3, 0.4) is 0 Å². The summed E-state index contributed by atoms with van der Waals surface area (Å²) in [7, 11) is 1.91. The van der Waals surface area contributed by atoms with Crippen LogP contribution in [0.5, 0.6) is 0 Å². The van der Waals surface area contributed by atoms with E-state index < -0.39 is 5.54 Å². The highest BCUT2D eigenvalue weighted by molar-refractivity contribution is 5.85. The lowest BCUT2D eigenvalue weighted by atomic mass is 9.85. The Labute approximate surface area is 99.4 Å². The molecule has 0 aromatic rings. The number of amides is 1. The van der Waals surface area contributed by atoms with Crippen molar-refractivity contribution in [3.05, 3.63) is 0 Å². The van der Waals surface area contributed by atoms with Gasteiger partial charge in [0.1, 0.15) is 0 Å². The number of rotatable bonds is 3. The van der Waals surface area contributed by atoms with Gasteiger partial charge in [0, 0.05) is 13.1 Å². The molecule has 3 heteroatoms. The summed E-state index contributed by atoms with van der Waals surface area (Å²) < 4.78 is 0. The van der Waals surface area contributed by atoms with Gasteiger partial charge in [-0.05, 0) is 32.1 Å². The van der Waals surface area contributed by atoms with Gasteiger partial charge in [0.2, 0.25) is 5.91 Å². The van der Waals surface area contributed by atoms with E-state index in [0.29, 0.717) is 12.5 Å². The second-order valence-corrected chi connectivity index (χ2v) is 5.61. The summed E-state index contributed by atoms with van der Waals surface area (Å²) in [5, 5.41) is 0. The predicted octanol–water partition coefficient (Wildman–Crippen LogP) is 2.15. The zero-order chi connectivity index (χ0) is 12.3. The minimum Gasteiger partial charge on any atom is -0.341 e. The molecule has 0 radical (unpaired) electrons. The fraction of sp³-hybridized carbons (Fsp3) is 0.923. The molecular formula is C13H26N2O. The minimum absolute atomic E-state index is 0.0918. The topological polar surface area (TPSA) is 46.3 Å². The standard InChI is InChI=1S/C13H26N2O/c1-5-13(3,14)12(16)15(4)11-8-6-7-10(2)9-11/h10-11H,5-9,14H2,1-4H3. The summed E-state index contributed by atoms with van der Waals surface area (Å²) in [6, 6.07) is 0.394. The quantitative estimate of drug-likeness (QED) is 0.801. The molecule has 0 aromatic carbocycles. The Morgan fingerprint density at radius 2 is 2.12 bits per heavy atom. The largest absolute Gasteiger partial charge is 0.341 e. The van der Waals surface area contributed by atoms with Crippen molar-refractivity contribution in [2.45, 2.75) is 64.5 Å². The summed E-state index contributed by atoms with van der Waals surface area (Å²) in [5.74, 6) is 0.828. The maximum Gasteiger partial charge on any atom is 0.242 e. The predicted molar refractivity (Wildman–Crippen MR) is 67.1 cm³/mol. The van der Waals surface area contributed by atoms with E-state index in [1.54, 1.807) is 0 Å². The van der Waals surface area contributed by atoms with E-state index in [0.717, 1.165) is 18.8 Å². The van der Waals surface area contributed by atoms with Crippen molar-refractivity contribution in [3.8, 4) is 0 Å². The Balaban J connectivity index is 2.63. The van der Waals surface area contributed by atoms with Crippen LogP contribution in [0.25, 0.3) is 0 Å². The first-order valence-corrected chi connectivity index (χ1v) is 6.44. The van der Waals surface area contributed by atoms with Gasteiger partial charge in [-0.2, -0.15) is 0 Å². The van der Waals surface area contributed by atoms with Gasteiger partial charge in [-0.15, -0.1) is 0 Å². The van der Waals surface area contributed by atoms with Crippen molar-refractivity contribution >= 4 is 5.91 Å². The van der Waals surface area contributed by atoms with Crippen LogP contribution in [0.15, 0.2) is 0 Å². The molecule has 2 N–H and O–H groups in total. The van der Waals surface area contributed by atoms with Crippen LogP contribution < -0.4 is 5.73 Å². The van der Waals surface area contributed by atoms with Crippen molar-refractivity contribution in [1.29, 1.82) is 0 Å². The Kier molecular flexibility index (Phi) is 4.36. The van der Waals surface area contributed by atoms with Crippen LogP contribution in [0.1, 0.15) is 52.9 Å². The Bertz CT molecular complexity index is 250. The van der Waals surface area contributed by atoms with E-state index in [-0.39, 0.29) is 5.91 Å². The van der Waals surface area contributed by atoms with Crippen LogP contribution in [0.2, 0.25) is 0 Å². The Morgan fingerprint density at radius 3 is 2.62 bits per heavy atom. The van der Waals surface area contributed by atoms with Crippen molar-refractivity contribution in [1.82, 2.24) is 4.90 Å². The molecule has 0 bridgehead atoms. The Morgan fingerprint density at radius 1 is 1.50 bits per heavy atom. The smallest absolute Gasteiger partial charge is 0.242 e. The zero-order valence-corrected chi connectivity index (χ0v) is 11.1. The molecule has 1 amide bonds. The monoisotopic (exact) mass is 226 g/mol. The first-order valence-electron chi connectivity index (χ1n) is 6.44. The van der Waals surface area contributed by atoms with Crippen molar-refractivity contribution in [2.24, 2.45) is 11.7 Å². The van der Waals surface area contributed by atoms with Crippen LogP contribution in [-0.4, -0.2) is 29.4 Å². The molecule has 3 nitrogen and oxygen atoms in total. The van der Waals surface area contributed by atoms with Crippen molar-refractivity contribution in [3.63, 3.8) is 0 Å². The molecule has 0 aromatic heterocycles. The van der Waals surface area contributed by atoms with E-state index in [2.05, 4.69) is 6.92 Å². The molecular weight excluding hydrogens is 200 g/mol. The van der Waals surface area contributed by atoms with Crippen molar-refractivity contribution < 1.29 is 4.79 Å². The van der Waals surface area contributed by atoms with Gasteiger partial charge in [0.05, 0.1) is 5.54 Å². The van der Waals surface area contributed by atoms with Gasteiger partial charge >= 0.3 is 0 Å². The average molecular weight is 226 g/mol. The van der Waals surface area contributed by atoms with Crippen LogP contribution >= 0.6 is 0 Å². The number of nitrogens with two attached hydrogens (primary N) is 1. The third-order valence-corrected chi connectivity index (χ3v) is 4.00. The minimum atomic E-state index is -0.699. The average Bonchev–Trinajstić information content (AvgIpc) is 2.27. The molecule has 1 fully saturated rings. The fourth-order valence-electron chi connectivity index (χ4n) is 2.47. The molecule has 16 heavy (non-hydrogen) atoms. The molecule has 1 saturated carbocycles. The van der Waals surface area contributed by atoms with Crippen LogP contribution in [-0.2, 0) is 4.79 Å². The molecule has 1 aliphatic carbocycles. The van der Waals surface area contributed by atoms with Gasteiger partial charge in [-0.1, -0.05) is 26.7 Å². The molecule has 94 valence electrons. The first kappa shape index (κ1) is 13.5.